The van der Waals surface area contributed by atoms with Gasteiger partial charge in [-0.15, -0.1) is 0 Å². The van der Waals surface area contributed by atoms with Gasteiger partial charge in [0.2, 0.25) is 0 Å². The van der Waals surface area contributed by atoms with Crippen LogP contribution in [0.15, 0.2) is 66.7 Å². The van der Waals surface area contributed by atoms with Crippen molar-refractivity contribution in [3.05, 3.63) is 94.0 Å². The minimum Gasteiger partial charge on any atom is -0.393 e. The molecule has 0 bridgehead atoms. The zero-order valence-corrected chi connectivity index (χ0v) is 16.1. The van der Waals surface area contributed by atoms with E-state index in [-0.39, 0.29) is 5.78 Å². The fourth-order valence-corrected chi connectivity index (χ4v) is 3.31. The van der Waals surface area contributed by atoms with Crippen molar-refractivity contribution < 1.29 is 9.90 Å². The van der Waals surface area contributed by atoms with Gasteiger partial charge in [0.15, 0.2) is 5.78 Å². The van der Waals surface area contributed by atoms with Gasteiger partial charge in [-0.3, -0.25) is 4.79 Å². The van der Waals surface area contributed by atoms with Crippen molar-refractivity contribution in [2.45, 2.75) is 26.4 Å². The molecule has 0 aliphatic heterocycles. The van der Waals surface area contributed by atoms with Crippen LogP contribution in [0.25, 0.3) is 0 Å². The molecule has 0 saturated heterocycles. The molecule has 0 fully saturated rings. The number of hydrogen-bond donors (Lipinski definition) is 2. The maximum absolute atomic E-state index is 12.8. The molecule has 0 aliphatic rings. The van der Waals surface area contributed by atoms with E-state index < -0.39 is 6.10 Å². The first kappa shape index (κ1) is 19.2. The van der Waals surface area contributed by atoms with Gasteiger partial charge >= 0.3 is 0 Å². The van der Waals surface area contributed by atoms with Crippen LogP contribution in [0, 0.1) is 6.92 Å². The Morgan fingerprint density at radius 2 is 1.74 bits per heavy atom. The van der Waals surface area contributed by atoms with Crippen molar-refractivity contribution in [3.63, 3.8) is 0 Å². The van der Waals surface area contributed by atoms with Gasteiger partial charge in [0.25, 0.3) is 0 Å². The lowest BCUT2D eigenvalue weighted by atomic mass is 9.99. The number of hydrogen-bond acceptors (Lipinski definition) is 3. The maximum Gasteiger partial charge on any atom is 0.194 e. The maximum atomic E-state index is 12.8. The Bertz CT molecular complexity index is 966. The van der Waals surface area contributed by atoms with Crippen molar-refractivity contribution in [3.8, 4) is 0 Å². The molecule has 2 N–H and O–H groups in total. The molecule has 27 heavy (non-hydrogen) atoms. The molecule has 1 unspecified atom stereocenters. The predicted octanol–water partition coefficient (Wildman–Crippen LogP) is 5.55. The fourth-order valence-electron chi connectivity index (χ4n) is 3.04. The second-order valence-corrected chi connectivity index (χ2v) is 7.08. The molecule has 3 nitrogen and oxygen atoms in total. The number of aliphatic hydroxyl groups is 1. The van der Waals surface area contributed by atoms with E-state index in [0.29, 0.717) is 22.6 Å². The zero-order chi connectivity index (χ0) is 19.4. The van der Waals surface area contributed by atoms with Gasteiger partial charge in [0.05, 0.1) is 11.1 Å². The number of ketones is 1. The number of para-hydroxylation sites is 1. The van der Waals surface area contributed by atoms with E-state index in [9.17, 15) is 9.90 Å². The molecule has 3 aromatic carbocycles. The summed E-state index contributed by atoms with van der Waals surface area (Å²) in [6, 6.07) is 20.6. The lowest BCUT2D eigenvalue weighted by molar-refractivity contribution is 0.103. The normalized spacial score (nSPS) is 11.9. The number of carbonyl (C=O) groups excluding carboxylic acids is 1. The summed E-state index contributed by atoms with van der Waals surface area (Å²) < 4.78 is 0. The largest absolute Gasteiger partial charge is 0.393 e. The lowest BCUT2D eigenvalue weighted by Gasteiger charge is -2.14. The van der Waals surface area contributed by atoms with E-state index in [1.54, 1.807) is 19.1 Å². The van der Waals surface area contributed by atoms with Gasteiger partial charge in [-0.2, -0.15) is 0 Å². The Morgan fingerprint density at radius 1 is 1.04 bits per heavy atom. The van der Waals surface area contributed by atoms with Crippen molar-refractivity contribution in [1.29, 1.82) is 0 Å². The van der Waals surface area contributed by atoms with Crippen LogP contribution in [0.5, 0.6) is 0 Å². The molecule has 0 radical (unpaired) electrons. The van der Waals surface area contributed by atoms with Crippen LogP contribution in [0.4, 0.5) is 11.4 Å². The average molecular weight is 380 g/mol. The second kappa shape index (κ2) is 8.38. The number of anilines is 2. The first-order valence-corrected chi connectivity index (χ1v) is 9.26. The van der Waals surface area contributed by atoms with Crippen LogP contribution in [0.1, 0.15) is 34.0 Å². The molecule has 0 aliphatic carbocycles. The summed E-state index contributed by atoms with van der Waals surface area (Å²) in [5, 5.41) is 13.4. The fraction of sp³-hybridized carbons (Fsp3) is 0.174. The molecule has 0 aromatic heterocycles. The van der Waals surface area contributed by atoms with Gasteiger partial charge in [-0.1, -0.05) is 54.1 Å². The number of rotatable bonds is 6. The predicted molar refractivity (Wildman–Crippen MR) is 111 cm³/mol. The highest BCUT2D eigenvalue weighted by Gasteiger charge is 2.15. The summed E-state index contributed by atoms with van der Waals surface area (Å²) in [5.41, 5.74) is 4.78. The van der Waals surface area contributed by atoms with Crippen LogP contribution in [0.3, 0.4) is 0 Å². The third-order valence-corrected chi connectivity index (χ3v) is 4.73. The number of halogens is 1. The first-order chi connectivity index (χ1) is 13.0. The first-order valence-electron chi connectivity index (χ1n) is 8.88. The van der Waals surface area contributed by atoms with Crippen molar-refractivity contribution in [1.82, 2.24) is 0 Å². The van der Waals surface area contributed by atoms with Crippen LogP contribution in [0.2, 0.25) is 5.02 Å². The molecular formula is C23H22ClNO2. The molecule has 4 heteroatoms. The van der Waals surface area contributed by atoms with Crippen LogP contribution in [-0.2, 0) is 6.42 Å². The number of aryl methyl sites for hydroxylation is 1. The zero-order valence-electron chi connectivity index (χ0n) is 15.4. The highest BCUT2D eigenvalue weighted by molar-refractivity contribution is 6.35. The third kappa shape index (κ3) is 4.57. The van der Waals surface area contributed by atoms with Gasteiger partial charge in [0, 0.05) is 28.9 Å². The Labute approximate surface area is 164 Å². The molecule has 3 rings (SSSR count). The highest BCUT2D eigenvalue weighted by atomic mass is 35.5. The molecule has 1 atom stereocenters. The van der Waals surface area contributed by atoms with Crippen molar-refractivity contribution in [2.75, 3.05) is 5.32 Å². The lowest BCUT2D eigenvalue weighted by Crippen LogP contribution is -2.07. The molecule has 0 spiro atoms. The topological polar surface area (TPSA) is 49.3 Å². The molecule has 138 valence electrons. The number of aliphatic hydroxyl groups excluding tert-OH is 1. The van der Waals surface area contributed by atoms with E-state index in [2.05, 4.69) is 5.32 Å². The Kier molecular flexibility index (Phi) is 5.94. The molecule has 0 amide bonds. The Hall–Kier alpha value is -2.62. The van der Waals surface area contributed by atoms with Crippen molar-refractivity contribution in [2.24, 2.45) is 0 Å². The van der Waals surface area contributed by atoms with Crippen LogP contribution < -0.4 is 5.32 Å². The van der Waals surface area contributed by atoms with Crippen LogP contribution >= 0.6 is 11.6 Å². The standard InChI is InChI=1S/C23H22ClNO2/c1-15-7-3-5-9-19(15)23(27)20-12-11-18(14-21(20)24)25-22-10-6-4-8-17(22)13-16(2)26/h3-12,14,16,25-26H,13H2,1-2H3. The number of benzene rings is 3. The van der Waals surface area contributed by atoms with Crippen LogP contribution in [-0.4, -0.2) is 17.0 Å². The van der Waals surface area contributed by atoms with Gasteiger partial charge in [-0.05, 0) is 49.2 Å². The average Bonchev–Trinajstić information content (AvgIpc) is 2.63. The summed E-state index contributed by atoms with van der Waals surface area (Å²) in [5.74, 6) is -0.0841. The summed E-state index contributed by atoms with van der Waals surface area (Å²) >= 11 is 6.42. The minimum atomic E-state index is -0.425. The molecule has 3 aromatic rings. The third-order valence-electron chi connectivity index (χ3n) is 4.42. The van der Waals surface area contributed by atoms with Crippen molar-refractivity contribution >= 4 is 28.8 Å². The van der Waals surface area contributed by atoms with E-state index in [4.69, 9.17) is 11.6 Å². The highest BCUT2D eigenvalue weighted by Crippen LogP contribution is 2.28. The summed E-state index contributed by atoms with van der Waals surface area (Å²) in [6.07, 6.45) is 0.131. The van der Waals surface area contributed by atoms with E-state index >= 15 is 0 Å². The monoisotopic (exact) mass is 379 g/mol. The number of carbonyl (C=O) groups is 1. The Balaban J connectivity index is 1.86. The molecular weight excluding hydrogens is 358 g/mol. The smallest absolute Gasteiger partial charge is 0.194 e. The van der Waals surface area contributed by atoms with E-state index in [1.807, 2.05) is 61.5 Å². The van der Waals surface area contributed by atoms with E-state index in [0.717, 1.165) is 22.5 Å². The summed E-state index contributed by atoms with van der Waals surface area (Å²) in [7, 11) is 0. The quantitative estimate of drug-likeness (QED) is 0.552. The minimum absolute atomic E-state index is 0.0841. The number of nitrogens with one attached hydrogen (secondary N) is 1. The van der Waals surface area contributed by atoms with Gasteiger partial charge in [0.1, 0.15) is 0 Å². The SMILES string of the molecule is Cc1ccccc1C(=O)c1ccc(Nc2ccccc2CC(C)O)cc1Cl. The summed E-state index contributed by atoms with van der Waals surface area (Å²) in [6.45, 7) is 3.68. The Morgan fingerprint density at radius 3 is 2.44 bits per heavy atom. The van der Waals surface area contributed by atoms with Gasteiger partial charge in [-0.25, -0.2) is 0 Å². The summed E-state index contributed by atoms with van der Waals surface area (Å²) in [4.78, 5) is 12.8. The van der Waals surface area contributed by atoms with E-state index in [1.165, 1.54) is 0 Å². The van der Waals surface area contributed by atoms with Gasteiger partial charge < -0.3 is 10.4 Å². The molecule has 0 saturated carbocycles. The second-order valence-electron chi connectivity index (χ2n) is 6.67. The molecule has 0 heterocycles.